The minimum atomic E-state index is -4.70. The van der Waals surface area contributed by atoms with Crippen LogP contribution in [0, 0.1) is 0 Å². The first kappa shape index (κ1) is 18.0. The predicted octanol–water partition coefficient (Wildman–Crippen LogP) is 1.75. The molecule has 1 rings (SSSR count). The molecule has 0 bridgehead atoms. The summed E-state index contributed by atoms with van der Waals surface area (Å²) in [5.74, 6) is -2.01. The molecule has 0 aliphatic heterocycles. The van der Waals surface area contributed by atoms with Crippen molar-refractivity contribution in [1.29, 1.82) is 0 Å². The van der Waals surface area contributed by atoms with Crippen molar-refractivity contribution in [3.8, 4) is 0 Å². The van der Waals surface area contributed by atoms with Crippen molar-refractivity contribution in [2.24, 2.45) is 0 Å². The highest BCUT2D eigenvalue weighted by Gasteiger charge is 2.35. The van der Waals surface area contributed by atoms with E-state index in [1.807, 2.05) is 5.32 Å². The van der Waals surface area contributed by atoms with Crippen molar-refractivity contribution in [1.82, 2.24) is 5.32 Å². The van der Waals surface area contributed by atoms with E-state index in [1.165, 1.54) is 6.07 Å². The maximum atomic E-state index is 12.8. The van der Waals surface area contributed by atoms with Crippen LogP contribution in [-0.2, 0) is 15.7 Å². The summed E-state index contributed by atoms with van der Waals surface area (Å²) < 4.78 is 43.2. The van der Waals surface area contributed by atoms with Gasteiger partial charge in [0, 0.05) is 0 Å². The van der Waals surface area contributed by atoms with Crippen LogP contribution in [0.2, 0.25) is 0 Å². The first-order chi connectivity index (χ1) is 10.3. The number of benzene rings is 1. The van der Waals surface area contributed by atoms with Gasteiger partial charge in [0.2, 0.25) is 0 Å². The maximum Gasteiger partial charge on any atom is 0.417 e. The Labute approximate surface area is 125 Å². The molecular formula is C14H16F3NO4. The standard InChI is InChI=1S/C14H16F3NO4/c1-2-7-22-13(21)11(8-19)18-12(20)9-5-3-4-6-10(9)14(15,16)17/h3-6,11,19H,2,7-8H2,1H3,(H,18,20)/t11-/m0/s1. The Morgan fingerprint density at radius 2 is 1.95 bits per heavy atom. The number of hydrogen-bond acceptors (Lipinski definition) is 4. The summed E-state index contributed by atoms with van der Waals surface area (Å²) in [4.78, 5) is 23.5. The van der Waals surface area contributed by atoms with Crippen molar-refractivity contribution in [2.75, 3.05) is 13.2 Å². The van der Waals surface area contributed by atoms with Crippen molar-refractivity contribution < 1.29 is 32.6 Å². The third kappa shape index (κ3) is 4.73. The van der Waals surface area contributed by atoms with Crippen LogP contribution in [-0.4, -0.2) is 36.2 Å². The minimum absolute atomic E-state index is 0.0876. The summed E-state index contributed by atoms with van der Waals surface area (Å²) in [6.07, 6.45) is -4.17. The first-order valence-corrected chi connectivity index (χ1v) is 6.55. The lowest BCUT2D eigenvalue weighted by Gasteiger charge is -2.17. The summed E-state index contributed by atoms with van der Waals surface area (Å²) >= 11 is 0. The molecule has 0 fully saturated rings. The van der Waals surface area contributed by atoms with Crippen molar-refractivity contribution >= 4 is 11.9 Å². The number of aliphatic hydroxyl groups excluding tert-OH is 1. The molecule has 5 nitrogen and oxygen atoms in total. The quantitative estimate of drug-likeness (QED) is 0.783. The third-order valence-corrected chi connectivity index (χ3v) is 2.70. The Morgan fingerprint density at radius 3 is 2.50 bits per heavy atom. The van der Waals surface area contributed by atoms with Gasteiger partial charge in [-0.15, -0.1) is 0 Å². The lowest BCUT2D eigenvalue weighted by atomic mass is 10.1. The smallest absolute Gasteiger partial charge is 0.417 e. The van der Waals surface area contributed by atoms with E-state index in [-0.39, 0.29) is 6.61 Å². The van der Waals surface area contributed by atoms with Crippen LogP contribution in [0.4, 0.5) is 13.2 Å². The molecule has 0 aliphatic rings. The summed E-state index contributed by atoms with van der Waals surface area (Å²) in [7, 11) is 0. The average molecular weight is 319 g/mol. The van der Waals surface area contributed by atoms with Gasteiger partial charge in [0.05, 0.1) is 24.3 Å². The number of amides is 1. The molecule has 2 N–H and O–H groups in total. The number of carbonyl (C=O) groups is 2. The van der Waals surface area contributed by atoms with E-state index in [2.05, 4.69) is 0 Å². The Morgan fingerprint density at radius 1 is 1.32 bits per heavy atom. The van der Waals surface area contributed by atoms with Crippen LogP contribution in [0.3, 0.4) is 0 Å². The Hall–Kier alpha value is -2.09. The second kappa shape index (κ2) is 7.79. The van der Waals surface area contributed by atoms with Gasteiger partial charge < -0.3 is 15.2 Å². The summed E-state index contributed by atoms with van der Waals surface area (Å²) in [6.45, 7) is 1.06. The minimum Gasteiger partial charge on any atom is -0.464 e. The molecule has 0 unspecified atom stereocenters. The van der Waals surface area contributed by atoms with E-state index in [9.17, 15) is 22.8 Å². The van der Waals surface area contributed by atoms with Gasteiger partial charge in [0.25, 0.3) is 5.91 Å². The molecule has 0 aromatic heterocycles. The zero-order chi connectivity index (χ0) is 16.8. The normalized spacial score (nSPS) is 12.6. The molecule has 0 spiro atoms. The fraction of sp³-hybridized carbons (Fsp3) is 0.429. The summed E-state index contributed by atoms with van der Waals surface area (Å²) in [5, 5.41) is 11.1. The molecule has 1 aromatic rings. The van der Waals surface area contributed by atoms with E-state index < -0.39 is 41.8 Å². The highest BCUT2D eigenvalue weighted by atomic mass is 19.4. The molecule has 0 saturated carbocycles. The summed E-state index contributed by atoms with van der Waals surface area (Å²) in [5.41, 5.74) is -1.75. The van der Waals surface area contributed by atoms with Crippen molar-refractivity contribution in [3.05, 3.63) is 35.4 Å². The Balaban J connectivity index is 2.90. The molecule has 22 heavy (non-hydrogen) atoms. The van der Waals surface area contributed by atoms with Gasteiger partial charge in [-0.3, -0.25) is 4.79 Å². The SMILES string of the molecule is CCCOC(=O)[C@H](CO)NC(=O)c1ccccc1C(F)(F)F. The molecule has 1 aromatic carbocycles. The molecule has 0 aliphatic carbocycles. The van der Waals surface area contributed by atoms with Crippen LogP contribution < -0.4 is 5.32 Å². The Bertz CT molecular complexity index is 531. The molecule has 0 heterocycles. The van der Waals surface area contributed by atoms with Gasteiger partial charge in [-0.25, -0.2) is 4.79 Å². The van der Waals surface area contributed by atoms with E-state index in [0.29, 0.717) is 6.42 Å². The van der Waals surface area contributed by atoms with Crippen LogP contribution in [0.5, 0.6) is 0 Å². The number of hydrogen-bond donors (Lipinski definition) is 2. The van der Waals surface area contributed by atoms with Crippen LogP contribution >= 0.6 is 0 Å². The van der Waals surface area contributed by atoms with Crippen molar-refractivity contribution in [2.45, 2.75) is 25.6 Å². The van der Waals surface area contributed by atoms with Gasteiger partial charge in [-0.1, -0.05) is 19.1 Å². The summed E-state index contributed by atoms with van der Waals surface area (Å²) in [6, 6.07) is 2.76. The fourth-order valence-corrected chi connectivity index (χ4v) is 1.65. The number of esters is 1. The highest BCUT2D eigenvalue weighted by molar-refractivity contribution is 5.98. The average Bonchev–Trinajstić information content (AvgIpc) is 2.49. The lowest BCUT2D eigenvalue weighted by Crippen LogP contribution is -2.44. The second-order valence-corrected chi connectivity index (χ2v) is 4.42. The lowest BCUT2D eigenvalue weighted by molar-refractivity contribution is -0.146. The molecular weight excluding hydrogens is 303 g/mol. The topological polar surface area (TPSA) is 75.6 Å². The first-order valence-electron chi connectivity index (χ1n) is 6.55. The molecule has 1 atom stereocenters. The molecule has 0 radical (unpaired) electrons. The number of carbonyl (C=O) groups excluding carboxylic acids is 2. The van der Waals surface area contributed by atoms with E-state index in [1.54, 1.807) is 6.92 Å². The van der Waals surface area contributed by atoms with E-state index in [4.69, 9.17) is 9.84 Å². The number of rotatable bonds is 6. The van der Waals surface area contributed by atoms with Gasteiger partial charge in [-0.2, -0.15) is 13.2 Å². The predicted molar refractivity (Wildman–Crippen MR) is 71.0 cm³/mol. The highest BCUT2D eigenvalue weighted by Crippen LogP contribution is 2.31. The fourth-order valence-electron chi connectivity index (χ4n) is 1.65. The monoisotopic (exact) mass is 319 g/mol. The largest absolute Gasteiger partial charge is 0.464 e. The zero-order valence-electron chi connectivity index (χ0n) is 11.8. The number of aliphatic hydroxyl groups is 1. The second-order valence-electron chi connectivity index (χ2n) is 4.42. The molecule has 1 amide bonds. The van der Waals surface area contributed by atoms with Crippen LogP contribution in [0.1, 0.15) is 29.3 Å². The zero-order valence-corrected chi connectivity index (χ0v) is 11.8. The maximum absolute atomic E-state index is 12.8. The van der Waals surface area contributed by atoms with E-state index >= 15 is 0 Å². The van der Waals surface area contributed by atoms with Gasteiger partial charge >= 0.3 is 12.1 Å². The number of halogens is 3. The Kier molecular flexibility index (Phi) is 6.36. The molecule has 122 valence electrons. The molecule has 8 heteroatoms. The van der Waals surface area contributed by atoms with Gasteiger partial charge in [0.1, 0.15) is 0 Å². The molecule has 0 saturated heterocycles. The van der Waals surface area contributed by atoms with E-state index in [0.717, 1.165) is 18.2 Å². The third-order valence-electron chi connectivity index (χ3n) is 2.70. The van der Waals surface area contributed by atoms with Gasteiger partial charge in [0.15, 0.2) is 6.04 Å². The van der Waals surface area contributed by atoms with Gasteiger partial charge in [-0.05, 0) is 18.6 Å². The van der Waals surface area contributed by atoms with Crippen LogP contribution in [0.25, 0.3) is 0 Å². The van der Waals surface area contributed by atoms with Crippen LogP contribution in [0.15, 0.2) is 24.3 Å². The van der Waals surface area contributed by atoms with Crippen molar-refractivity contribution in [3.63, 3.8) is 0 Å². The number of ether oxygens (including phenoxy) is 1. The number of alkyl halides is 3. The number of nitrogens with one attached hydrogen (secondary N) is 1.